The van der Waals surface area contributed by atoms with E-state index in [2.05, 4.69) is 5.10 Å². The van der Waals surface area contributed by atoms with Crippen molar-refractivity contribution >= 4 is 46.5 Å². The number of nitrogens with zero attached hydrogens (tertiary/aromatic N) is 3. The molecule has 0 bridgehead atoms. The molecule has 0 aromatic heterocycles. The number of ether oxygens (including phenoxy) is 2. The zero-order chi connectivity index (χ0) is 22.3. The van der Waals surface area contributed by atoms with Gasteiger partial charge in [-0.15, -0.1) is 0 Å². The molecule has 4 rings (SSSR count). The van der Waals surface area contributed by atoms with Crippen molar-refractivity contribution in [1.29, 1.82) is 0 Å². The first-order valence-electron chi connectivity index (χ1n) is 9.70. The lowest BCUT2D eigenvalue weighted by atomic mass is 9.97. The Hall–Kier alpha value is -3.39. The van der Waals surface area contributed by atoms with Crippen molar-refractivity contribution < 1.29 is 23.9 Å². The lowest BCUT2D eigenvalue weighted by Gasteiger charge is -2.23. The minimum Gasteiger partial charge on any atom is -0.497 e. The molecule has 0 unspecified atom stereocenters. The average Bonchev–Trinajstić information content (AvgIpc) is 3.28. The Balaban J connectivity index is 1.82. The molecule has 2 amide bonds. The number of fused-ring (bicyclic) bond motifs is 1. The second-order valence-corrected chi connectivity index (χ2v) is 7.48. The van der Waals surface area contributed by atoms with E-state index in [0.717, 1.165) is 4.90 Å². The molecular formula is C22H20ClN3O5. The van der Waals surface area contributed by atoms with E-state index in [1.807, 2.05) is 0 Å². The molecule has 9 heteroatoms. The number of rotatable bonds is 5. The number of imide groups is 1. The summed E-state index contributed by atoms with van der Waals surface area (Å²) < 4.78 is 10.4. The van der Waals surface area contributed by atoms with E-state index >= 15 is 0 Å². The summed E-state index contributed by atoms with van der Waals surface area (Å²) in [7, 11) is 1.52. The maximum atomic E-state index is 13.5. The van der Waals surface area contributed by atoms with Crippen molar-refractivity contribution in [3.63, 3.8) is 0 Å². The average molecular weight is 442 g/mol. The van der Waals surface area contributed by atoms with Crippen LogP contribution >= 0.6 is 11.6 Å². The summed E-state index contributed by atoms with van der Waals surface area (Å²) >= 11 is 6.22. The maximum absolute atomic E-state index is 13.5. The van der Waals surface area contributed by atoms with Gasteiger partial charge in [0.05, 0.1) is 25.1 Å². The van der Waals surface area contributed by atoms with Gasteiger partial charge in [-0.25, -0.2) is 9.69 Å². The SMILES string of the molecule is CCOC(=O)C1=NN(c2cccc(OC)c2)[C@H]2C(=O)N(c3cccc(Cl)c3C)C(=O)[C@@H]12. The lowest BCUT2D eigenvalue weighted by Crippen LogP contribution is -2.39. The third-order valence-electron chi connectivity index (χ3n) is 5.33. The molecule has 2 aliphatic heterocycles. The third-order valence-corrected chi connectivity index (χ3v) is 5.74. The van der Waals surface area contributed by atoms with Crippen LogP contribution in [0, 0.1) is 12.8 Å². The Kier molecular flexibility index (Phi) is 5.41. The Bertz CT molecular complexity index is 1120. The van der Waals surface area contributed by atoms with Gasteiger partial charge in [0.1, 0.15) is 17.7 Å². The van der Waals surface area contributed by atoms with Gasteiger partial charge in [0, 0.05) is 11.1 Å². The molecular weight excluding hydrogens is 422 g/mol. The summed E-state index contributed by atoms with van der Waals surface area (Å²) in [6.07, 6.45) is 0. The van der Waals surface area contributed by atoms with Crippen LogP contribution in [0.4, 0.5) is 11.4 Å². The number of hydrazone groups is 1. The lowest BCUT2D eigenvalue weighted by molar-refractivity contribution is -0.136. The van der Waals surface area contributed by atoms with Crippen molar-refractivity contribution in [2.75, 3.05) is 23.6 Å². The summed E-state index contributed by atoms with van der Waals surface area (Å²) in [6, 6.07) is 10.9. The molecule has 160 valence electrons. The molecule has 2 aromatic rings. The van der Waals surface area contributed by atoms with Crippen molar-refractivity contribution in [3.8, 4) is 5.75 Å². The number of benzene rings is 2. The van der Waals surface area contributed by atoms with Gasteiger partial charge < -0.3 is 9.47 Å². The number of anilines is 2. The molecule has 0 radical (unpaired) electrons. The summed E-state index contributed by atoms with van der Waals surface area (Å²) in [5.41, 5.74) is 1.38. The second kappa shape index (κ2) is 8.03. The number of halogens is 1. The highest BCUT2D eigenvalue weighted by molar-refractivity contribution is 6.47. The van der Waals surface area contributed by atoms with Crippen LogP contribution in [0.15, 0.2) is 47.6 Å². The predicted molar refractivity (Wildman–Crippen MR) is 116 cm³/mol. The summed E-state index contributed by atoms with van der Waals surface area (Å²) in [5.74, 6) is -2.30. The van der Waals surface area contributed by atoms with Crippen molar-refractivity contribution in [3.05, 3.63) is 53.1 Å². The number of hydrogen-bond donors (Lipinski definition) is 0. The Morgan fingerprint density at radius 2 is 1.90 bits per heavy atom. The van der Waals surface area contributed by atoms with Gasteiger partial charge in [0.15, 0.2) is 5.71 Å². The third kappa shape index (κ3) is 3.33. The number of amides is 2. The molecule has 0 saturated carbocycles. The van der Waals surface area contributed by atoms with Crippen LogP contribution in [0.1, 0.15) is 12.5 Å². The monoisotopic (exact) mass is 441 g/mol. The van der Waals surface area contributed by atoms with Crippen LogP contribution < -0.4 is 14.6 Å². The second-order valence-electron chi connectivity index (χ2n) is 7.07. The largest absolute Gasteiger partial charge is 0.497 e. The molecule has 0 spiro atoms. The first kappa shape index (κ1) is 20.9. The Morgan fingerprint density at radius 1 is 1.16 bits per heavy atom. The highest BCUT2D eigenvalue weighted by Crippen LogP contribution is 2.40. The van der Waals surface area contributed by atoms with Gasteiger partial charge in [0.2, 0.25) is 5.91 Å². The molecule has 0 aliphatic carbocycles. The maximum Gasteiger partial charge on any atom is 0.355 e. The quantitative estimate of drug-likeness (QED) is 0.523. The number of carbonyl (C=O) groups is 3. The van der Waals surface area contributed by atoms with E-state index in [-0.39, 0.29) is 12.3 Å². The van der Waals surface area contributed by atoms with Crippen LogP contribution in [0.3, 0.4) is 0 Å². The molecule has 1 fully saturated rings. The van der Waals surface area contributed by atoms with Gasteiger partial charge in [0.25, 0.3) is 5.91 Å². The van der Waals surface area contributed by atoms with Gasteiger partial charge in [-0.2, -0.15) is 5.10 Å². The van der Waals surface area contributed by atoms with E-state index in [0.29, 0.717) is 27.7 Å². The van der Waals surface area contributed by atoms with Crippen LogP contribution in [0.5, 0.6) is 5.75 Å². The molecule has 2 atom stereocenters. The number of hydrogen-bond acceptors (Lipinski definition) is 7. The van der Waals surface area contributed by atoms with Crippen LogP contribution in [0.2, 0.25) is 5.02 Å². The molecule has 0 N–H and O–H groups in total. The molecule has 2 aromatic carbocycles. The van der Waals surface area contributed by atoms with E-state index < -0.39 is 29.7 Å². The standard InChI is InChI=1S/C22H20ClN3O5/c1-4-31-22(29)18-17-19(26(24-18)13-7-5-8-14(11-13)30-3)21(28)25(20(17)27)16-10-6-9-15(23)12(16)2/h5-11,17,19H,4H2,1-3H3/t17-,19+/m0/s1. The Labute approximate surface area is 184 Å². The van der Waals surface area contributed by atoms with E-state index in [4.69, 9.17) is 21.1 Å². The summed E-state index contributed by atoms with van der Waals surface area (Å²) in [6.45, 7) is 3.51. The topological polar surface area (TPSA) is 88.5 Å². The molecule has 2 aliphatic rings. The van der Waals surface area contributed by atoms with Crippen LogP contribution in [-0.4, -0.2) is 43.3 Å². The van der Waals surface area contributed by atoms with E-state index in [1.54, 1.807) is 56.3 Å². The van der Waals surface area contributed by atoms with Crippen molar-refractivity contribution in [2.24, 2.45) is 11.0 Å². The fourth-order valence-electron chi connectivity index (χ4n) is 3.83. The zero-order valence-corrected chi connectivity index (χ0v) is 17.9. The van der Waals surface area contributed by atoms with E-state index in [1.165, 1.54) is 12.1 Å². The zero-order valence-electron chi connectivity index (χ0n) is 17.2. The van der Waals surface area contributed by atoms with Crippen molar-refractivity contribution in [2.45, 2.75) is 19.9 Å². The number of esters is 1. The smallest absolute Gasteiger partial charge is 0.355 e. The number of carbonyl (C=O) groups excluding carboxylic acids is 3. The fraction of sp³-hybridized carbons (Fsp3) is 0.273. The minimum atomic E-state index is -1.09. The summed E-state index contributed by atoms with van der Waals surface area (Å²) in [5, 5.41) is 6.15. The minimum absolute atomic E-state index is 0.102. The normalized spacial score (nSPS) is 20.1. The molecule has 1 saturated heterocycles. The van der Waals surface area contributed by atoms with E-state index in [9.17, 15) is 14.4 Å². The predicted octanol–water partition coefficient (Wildman–Crippen LogP) is 2.95. The summed E-state index contributed by atoms with van der Waals surface area (Å²) in [4.78, 5) is 40.6. The highest BCUT2D eigenvalue weighted by atomic mass is 35.5. The first-order valence-corrected chi connectivity index (χ1v) is 10.1. The van der Waals surface area contributed by atoms with Crippen LogP contribution in [-0.2, 0) is 19.1 Å². The number of methoxy groups -OCH3 is 1. The van der Waals surface area contributed by atoms with Gasteiger partial charge in [-0.05, 0) is 43.7 Å². The molecule has 31 heavy (non-hydrogen) atoms. The molecule has 8 nitrogen and oxygen atoms in total. The Morgan fingerprint density at radius 3 is 2.61 bits per heavy atom. The van der Waals surface area contributed by atoms with Gasteiger partial charge in [-0.1, -0.05) is 23.7 Å². The van der Waals surface area contributed by atoms with Gasteiger partial charge >= 0.3 is 5.97 Å². The van der Waals surface area contributed by atoms with Crippen molar-refractivity contribution in [1.82, 2.24) is 0 Å². The van der Waals surface area contributed by atoms with Crippen LogP contribution in [0.25, 0.3) is 0 Å². The molecule has 2 heterocycles. The highest BCUT2D eigenvalue weighted by Gasteiger charge is 2.59. The fourth-order valence-corrected chi connectivity index (χ4v) is 4.00. The van der Waals surface area contributed by atoms with Gasteiger partial charge in [-0.3, -0.25) is 14.6 Å². The first-order chi connectivity index (χ1) is 14.9.